The number of allylic oxidation sites excluding steroid dienone is 1. The summed E-state index contributed by atoms with van der Waals surface area (Å²) in [5.41, 5.74) is 1.26. The molecule has 0 saturated heterocycles. The summed E-state index contributed by atoms with van der Waals surface area (Å²) in [6.07, 6.45) is 6.43. The molecule has 0 amide bonds. The molecule has 0 fully saturated rings. The summed E-state index contributed by atoms with van der Waals surface area (Å²) in [4.78, 5) is 0. The number of rotatable bonds is 2. The zero-order chi connectivity index (χ0) is 6.69. The van der Waals surface area contributed by atoms with Crippen LogP contribution in [0.15, 0.2) is 11.6 Å². The lowest BCUT2D eigenvalue weighted by Crippen LogP contribution is -2.05. The van der Waals surface area contributed by atoms with Crippen LogP contribution >= 0.6 is 0 Å². The highest BCUT2D eigenvalue weighted by atomic mass is 16.3. The van der Waals surface area contributed by atoms with Crippen LogP contribution in [0.4, 0.5) is 0 Å². The monoisotopic (exact) mass is 126 g/mol. The first-order chi connectivity index (χ1) is 4.34. The molecule has 1 nitrogen and oxygen atoms in total. The van der Waals surface area contributed by atoms with Crippen molar-refractivity contribution >= 4 is 0 Å². The molecule has 1 heteroatoms. The van der Waals surface area contributed by atoms with Gasteiger partial charge in [0.25, 0.3) is 0 Å². The van der Waals surface area contributed by atoms with E-state index in [1.54, 1.807) is 0 Å². The molecule has 0 bridgehead atoms. The zero-order valence-corrected chi connectivity index (χ0v) is 5.93. The largest absolute Gasteiger partial charge is 0.389 e. The molecule has 0 spiro atoms. The van der Waals surface area contributed by atoms with Crippen molar-refractivity contribution in [3.05, 3.63) is 11.6 Å². The van der Waals surface area contributed by atoms with Crippen LogP contribution in [0.1, 0.15) is 32.6 Å². The molecule has 0 unspecified atom stereocenters. The van der Waals surface area contributed by atoms with Gasteiger partial charge in [-0.2, -0.15) is 0 Å². The van der Waals surface area contributed by atoms with E-state index in [1.807, 2.05) is 6.92 Å². The van der Waals surface area contributed by atoms with Crippen molar-refractivity contribution in [2.24, 2.45) is 0 Å². The van der Waals surface area contributed by atoms with E-state index in [9.17, 15) is 5.11 Å². The predicted molar refractivity (Wildman–Crippen MR) is 38.2 cm³/mol. The Morgan fingerprint density at radius 1 is 1.78 bits per heavy atom. The van der Waals surface area contributed by atoms with Gasteiger partial charge in [0.2, 0.25) is 0 Å². The predicted octanol–water partition coefficient (Wildman–Crippen LogP) is 1.87. The normalized spacial score (nSPS) is 21.8. The third-order valence-electron chi connectivity index (χ3n) is 1.89. The Morgan fingerprint density at radius 3 is 3.00 bits per heavy atom. The molecule has 0 heterocycles. The number of hydrogen-bond acceptors (Lipinski definition) is 1. The van der Waals surface area contributed by atoms with E-state index in [1.165, 1.54) is 18.4 Å². The molecule has 0 aromatic carbocycles. The molecule has 1 aliphatic rings. The number of aliphatic hydroxyl groups is 1. The van der Waals surface area contributed by atoms with Crippen molar-refractivity contribution in [3.63, 3.8) is 0 Å². The Kier molecular flexibility index (Phi) is 2.29. The second kappa shape index (κ2) is 3.02. The second-order valence-electron chi connectivity index (χ2n) is 2.60. The lowest BCUT2D eigenvalue weighted by Gasteiger charge is -2.06. The summed E-state index contributed by atoms with van der Waals surface area (Å²) in [5.74, 6) is 0. The maximum atomic E-state index is 9.29. The van der Waals surface area contributed by atoms with E-state index in [0.29, 0.717) is 0 Å². The van der Waals surface area contributed by atoms with Crippen LogP contribution < -0.4 is 0 Å². The first kappa shape index (κ1) is 6.81. The van der Waals surface area contributed by atoms with E-state index in [0.717, 1.165) is 12.8 Å². The van der Waals surface area contributed by atoms with Gasteiger partial charge in [-0.1, -0.05) is 13.0 Å². The summed E-state index contributed by atoms with van der Waals surface area (Å²) >= 11 is 0. The van der Waals surface area contributed by atoms with Gasteiger partial charge in [-0.25, -0.2) is 0 Å². The Bertz CT molecular complexity index is 116. The third kappa shape index (κ3) is 1.55. The molecule has 0 aromatic rings. The second-order valence-corrected chi connectivity index (χ2v) is 2.60. The standard InChI is InChI=1S/C8H14O/c1-2-8(9)7-5-3-4-6-7/h5,8-9H,2-4,6H2,1H3/t8-/m0/s1. The van der Waals surface area contributed by atoms with Crippen LogP contribution in [0.25, 0.3) is 0 Å². The smallest absolute Gasteiger partial charge is 0.0747 e. The third-order valence-corrected chi connectivity index (χ3v) is 1.89. The molecule has 0 radical (unpaired) electrons. The molecule has 1 N–H and O–H groups in total. The maximum Gasteiger partial charge on any atom is 0.0747 e. The lowest BCUT2D eigenvalue weighted by atomic mass is 10.1. The Morgan fingerprint density at radius 2 is 2.56 bits per heavy atom. The van der Waals surface area contributed by atoms with Crippen LogP contribution in [0.5, 0.6) is 0 Å². The van der Waals surface area contributed by atoms with Crippen LogP contribution in [-0.4, -0.2) is 11.2 Å². The minimum absolute atomic E-state index is 0.146. The zero-order valence-electron chi connectivity index (χ0n) is 5.93. The summed E-state index contributed by atoms with van der Waals surface area (Å²) in [6, 6.07) is 0. The van der Waals surface area contributed by atoms with Crippen molar-refractivity contribution < 1.29 is 5.11 Å². The minimum atomic E-state index is -0.146. The van der Waals surface area contributed by atoms with E-state index >= 15 is 0 Å². The van der Waals surface area contributed by atoms with E-state index in [4.69, 9.17) is 0 Å². The van der Waals surface area contributed by atoms with Gasteiger partial charge in [-0.05, 0) is 31.3 Å². The summed E-state index contributed by atoms with van der Waals surface area (Å²) in [5, 5.41) is 9.29. The van der Waals surface area contributed by atoms with Crippen LogP contribution in [0.3, 0.4) is 0 Å². The van der Waals surface area contributed by atoms with E-state index < -0.39 is 0 Å². The average Bonchev–Trinajstić information content (AvgIpc) is 2.37. The Labute approximate surface area is 56.4 Å². The van der Waals surface area contributed by atoms with Gasteiger partial charge in [0.1, 0.15) is 0 Å². The van der Waals surface area contributed by atoms with E-state index in [-0.39, 0.29) is 6.10 Å². The molecule has 0 saturated carbocycles. The van der Waals surface area contributed by atoms with Crippen molar-refractivity contribution in [2.45, 2.75) is 38.7 Å². The minimum Gasteiger partial charge on any atom is -0.389 e. The molecule has 1 atom stereocenters. The van der Waals surface area contributed by atoms with Gasteiger partial charge in [-0.3, -0.25) is 0 Å². The van der Waals surface area contributed by atoms with Crippen LogP contribution in [-0.2, 0) is 0 Å². The van der Waals surface area contributed by atoms with Crippen molar-refractivity contribution in [1.82, 2.24) is 0 Å². The summed E-state index contributed by atoms with van der Waals surface area (Å²) in [7, 11) is 0. The fourth-order valence-electron chi connectivity index (χ4n) is 1.26. The lowest BCUT2D eigenvalue weighted by molar-refractivity contribution is 0.204. The molecule has 1 aliphatic carbocycles. The van der Waals surface area contributed by atoms with Gasteiger partial charge in [0, 0.05) is 0 Å². The number of hydrogen-bond donors (Lipinski definition) is 1. The van der Waals surface area contributed by atoms with Crippen molar-refractivity contribution in [2.75, 3.05) is 0 Å². The topological polar surface area (TPSA) is 20.2 Å². The first-order valence-electron chi connectivity index (χ1n) is 3.71. The molecular formula is C8H14O. The Balaban J connectivity index is 2.40. The SMILES string of the molecule is CC[C@H](O)C1=CCCC1. The molecule has 9 heavy (non-hydrogen) atoms. The maximum absolute atomic E-state index is 9.29. The molecule has 0 aromatic heterocycles. The fraction of sp³-hybridized carbons (Fsp3) is 0.750. The van der Waals surface area contributed by atoms with Gasteiger partial charge in [0.05, 0.1) is 6.10 Å². The molecule has 0 aliphatic heterocycles. The number of aliphatic hydroxyl groups excluding tert-OH is 1. The van der Waals surface area contributed by atoms with Crippen molar-refractivity contribution in [3.8, 4) is 0 Å². The molecular weight excluding hydrogens is 112 g/mol. The summed E-state index contributed by atoms with van der Waals surface area (Å²) in [6.45, 7) is 2.02. The highest BCUT2D eigenvalue weighted by molar-refractivity contribution is 5.11. The van der Waals surface area contributed by atoms with Crippen LogP contribution in [0.2, 0.25) is 0 Å². The van der Waals surface area contributed by atoms with Gasteiger partial charge >= 0.3 is 0 Å². The van der Waals surface area contributed by atoms with Crippen molar-refractivity contribution in [1.29, 1.82) is 0 Å². The highest BCUT2D eigenvalue weighted by Crippen LogP contribution is 2.21. The fourth-order valence-corrected chi connectivity index (χ4v) is 1.26. The van der Waals surface area contributed by atoms with Gasteiger partial charge < -0.3 is 5.11 Å². The quantitative estimate of drug-likeness (QED) is 0.560. The van der Waals surface area contributed by atoms with Crippen LogP contribution in [0, 0.1) is 0 Å². The average molecular weight is 126 g/mol. The molecule has 1 rings (SSSR count). The van der Waals surface area contributed by atoms with Gasteiger partial charge in [-0.15, -0.1) is 0 Å². The summed E-state index contributed by atoms with van der Waals surface area (Å²) < 4.78 is 0. The Hall–Kier alpha value is -0.300. The highest BCUT2D eigenvalue weighted by Gasteiger charge is 2.10. The van der Waals surface area contributed by atoms with E-state index in [2.05, 4.69) is 6.08 Å². The van der Waals surface area contributed by atoms with Gasteiger partial charge in [0.15, 0.2) is 0 Å². The first-order valence-corrected chi connectivity index (χ1v) is 3.71. The molecule has 52 valence electrons.